The molecule has 1 atom stereocenters. The number of fused-ring (bicyclic) bond motifs is 1. The van der Waals surface area contributed by atoms with Gasteiger partial charge in [0, 0.05) is 17.7 Å². The van der Waals surface area contributed by atoms with Crippen LogP contribution >= 0.6 is 0 Å². The zero-order valence-corrected chi connectivity index (χ0v) is 22.3. The molecule has 0 aromatic heterocycles. The fourth-order valence-corrected chi connectivity index (χ4v) is 5.53. The third-order valence-corrected chi connectivity index (χ3v) is 7.42. The van der Waals surface area contributed by atoms with Crippen LogP contribution < -0.4 is 4.74 Å². The summed E-state index contributed by atoms with van der Waals surface area (Å²) in [5, 5.41) is 0. The van der Waals surface area contributed by atoms with Crippen LogP contribution in [0.1, 0.15) is 42.0 Å². The first-order chi connectivity index (χ1) is 19.9. The Morgan fingerprint density at radius 3 is 1.88 bits per heavy atom. The Morgan fingerprint density at radius 1 is 0.738 bits per heavy atom. The van der Waals surface area contributed by atoms with Crippen LogP contribution in [0.15, 0.2) is 61.2 Å². The molecule has 4 aromatic carbocycles. The van der Waals surface area contributed by atoms with Gasteiger partial charge in [-0.3, -0.25) is 0 Å². The highest BCUT2D eigenvalue weighted by Gasteiger charge is 2.42. The van der Waals surface area contributed by atoms with Crippen molar-refractivity contribution in [1.82, 2.24) is 0 Å². The average Bonchev–Trinajstić information content (AvgIpc) is 3.29. The molecule has 0 bridgehead atoms. The van der Waals surface area contributed by atoms with Gasteiger partial charge < -0.3 is 4.74 Å². The largest absolute Gasteiger partial charge is 0.432 e. The molecule has 9 heteroatoms. The van der Waals surface area contributed by atoms with Gasteiger partial charge in [0.2, 0.25) is 0 Å². The van der Waals surface area contributed by atoms with Crippen LogP contribution in [-0.2, 0) is 19.0 Å². The highest BCUT2D eigenvalue weighted by atomic mass is 19.3. The maximum Gasteiger partial charge on any atom is 0.432 e. The molecule has 0 spiro atoms. The van der Waals surface area contributed by atoms with Gasteiger partial charge in [-0.25, -0.2) is 26.3 Å². The van der Waals surface area contributed by atoms with E-state index in [4.69, 9.17) is 0 Å². The van der Waals surface area contributed by atoms with Gasteiger partial charge in [-0.2, -0.15) is 8.78 Å². The molecule has 0 saturated carbocycles. The second kappa shape index (κ2) is 11.3. The van der Waals surface area contributed by atoms with Gasteiger partial charge in [-0.15, -0.1) is 0 Å². The third-order valence-electron chi connectivity index (χ3n) is 7.42. The Kier molecular flexibility index (Phi) is 7.88. The fraction of sp³-hybridized carbons (Fsp3) is 0.212. The van der Waals surface area contributed by atoms with E-state index in [1.165, 1.54) is 5.56 Å². The number of ether oxygens (including phenoxy) is 1. The van der Waals surface area contributed by atoms with Crippen LogP contribution in [0.3, 0.4) is 0 Å². The maximum atomic E-state index is 15.2. The summed E-state index contributed by atoms with van der Waals surface area (Å²) in [5.74, 6) is -9.20. The van der Waals surface area contributed by atoms with Crippen molar-refractivity contribution >= 4 is 6.08 Å². The van der Waals surface area contributed by atoms with E-state index in [-0.39, 0.29) is 5.56 Å². The minimum Gasteiger partial charge on any atom is -0.429 e. The summed E-state index contributed by atoms with van der Waals surface area (Å²) < 4.78 is 122. The number of hydrogen-bond acceptors (Lipinski definition) is 1. The smallest absolute Gasteiger partial charge is 0.429 e. The van der Waals surface area contributed by atoms with Crippen LogP contribution in [0.25, 0.3) is 28.3 Å². The van der Waals surface area contributed by atoms with E-state index in [1.54, 1.807) is 6.07 Å². The molecule has 218 valence electrons. The highest BCUT2D eigenvalue weighted by Crippen LogP contribution is 2.40. The van der Waals surface area contributed by atoms with Crippen molar-refractivity contribution in [1.29, 1.82) is 0 Å². The van der Waals surface area contributed by atoms with E-state index in [2.05, 4.69) is 18.2 Å². The van der Waals surface area contributed by atoms with Crippen molar-refractivity contribution in [3.8, 4) is 28.0 Å². The van der Waals surface area contributed by atoms with Crippen molar-refractivity contribution in [3.05, 3.63) is 118 Å². The summed E-state index contributed by atoms with van der Waals surface area (Å²) in [6.45, 7) is 5.30. The van der Waals surface area contributed by atoms with Crippen LogP contribution in [0.5, 0.6) is 5.75 Å². The van der Waals surface area contributed by atoms with E-state index in [0.717, 1.165) is 49.5 Å². The molecule has 0 N–H and O–H groups in total. The van der Waals surface area contributed by atoms with Crippen molar-refractivity contribution in [3.63, 3.8) is 0 Å². The van der Waals surface area contributed by atoms with Crippen molar-refractivity contribution in [2.24, 2.45) is 5.92 Å². The van der Waals surface area contributed by atoms with Crippen molar-refractivity contribution in [2.45, 2.75) is 38.7 Å². The minimum absolute atomic E-state index is 0.204. The Bertz CT molecular complexity index is 1620. The first-order valence-corrected chi connectivity index (χ1v) is 13.2. The van der Waals surface area contributed by atoms with Gasteiger partial charge in [0.25, 0.3) is 0 Å². The first-order valence-electron chi connectivity index (χ1n) is 13.2. The predicted octanol–water partition coefficient (Wildman–Crippen LogP) is 10.1. The van der Waals surface area contributed by atoms with Crippen LogP contribution in [0.2, 0.25) is 0 Å². The van der Waals surface area contributed by atoms with Gasteiger partial charge in [0.1, 0.15) is 46.2 Å². The predicted molar refractivity (Wildman–Crippen MR) is 144 cm³/mol. The van der Waals surface area contributed by atoms with Crippen LogP contribution in [0.4, 0.5) is 35.1 Å². The van der Waals surface area contributed by atoms with Gasteiger partial charge in [0.15, 0.2) is 0 Å². The number of alkyl halides is 2. The van der Waals surface area contributed by atoms with Gasteiger partial charge in [-0.1, -0.05) is 50.6 Å². The molecule has 0 saturated heterocycles. The standard InChI is InChI=1S/C33H24F8O/c1-3-5-17-8-18-6-7-19(10-20(18)9-17)21-11-27(36)31(28(37)12-21)22-13-29(38)32(30(39)14-22)33(40,41)42-23-15-25(34)24(4-2)26(35)16-23/h4,6-7,10-17H,2-3,5,8-9H2,1H3. The van der Waals surface area contributed by atoms with E-state index < -0.39 is 69.0 Å². The summed E-state index contributed by atoms with van der Waals surface area (Å²) in [6, 6.07) is 9.03. The molecule has 0 amide bonds. The molecular formula is C33H24F8O. The van der Waals surface area contributed by atoms with E-state index in [1.807, 2.05) is 12.1 Å². The molecule has 0 heterocycles. The lowest BCUT2D eigenvalue weighted by atomic mass is 9.96. The van der Waals surface area contributed by atoms with Crippen molar-refractivity contribution in [2.75, 3.05) is 0 Å². The van der Waals surface area contributed by atoms with Gasteiger partial charge in [-0.05, 0) is 70.8 Å². The minimum atomic E-state index is -4.74. The molecule has 1 nitrogen and oxygen atoms in total. The average molecular weight is 589 g/mol. The monoisotopic (exact) mass is 588 g/mol. The summed E-state index contributed by atoms with van der Waals surface area (Å²) in [7, 11) is 0. The molecule has 4 aromatic rings. The summed E-state index contributed by atoms with van der Waals surface area (Å²) in [6.07, 6.45) is 0.00265. The molecular weight excluding hydrogens is 564 g/mol. The normalized spacial score (nSPS) is 14.6. The Morgan fingerprint density at radius 2 is 1.31 bits per heavy atom. The Balaban J connectivity index is 1.45. The molecule has 0 fully saturated rings. The second-order valence-electron chi connectivity index (χ2n) is 10.3. The van der Waals surface area contributed by atoms with Gasteiger partial charge in [0.05, 0.1) is 5.56 Å². The first kappa shape index (κ1) is 29.4. The van der Waals surface area contributed by atoms with E-state index in [9.17, 15) is 26.3 Å². The topological polar surface area (TPSA) is 9.23 Å². The lowest BCUT2D eigenvalue weighted by Crippen LogP contribution is -2.25. The molecule has 42 heavy (non-hydrogen) atoms. The molecule has 1 unspecified atom stereocenters. The number of benzene rings is 4. The Labute approximate surface area is 237 Å². The number of hydrogen-bond donors (Lipinski definition) is 0. The quantitative estimate of drug-likeness (QED) is 0.186. The fourth-order valence-electron chi connectivity index (χ4n) is 5.53. The maximum absolute atomic E-state index is 15.2. The molecule has 5 rings (SSSR count). The van der Waals surface area contributed by atoms with Gasteiger partial charge >= 0.3 is 6.11 Å². The van der Waals surface area contributed by atoms with Crippen LogP contribution in [-0.4, -0.2) is 0 Å². The summed E-state index contributed by atoms with van der Waals surface area (Å²) >= 11 is 0. The molecule has 0 radical (unpaired) electrons. The summed E-state index contributed by atoms with van der Waals surface area (Å²) in [4.78, 5) is 0. The Hall–Kier alpha value is -4.14. The van der Waals surface area contributed by atoms with Crippen LogP contribution in [0, 0.1) is 40.8 Å². The van der Waals surface area contributed by atoms with E-state index in [0.29, 0.717) is 35.7 Å². The zero-order chi connectivity index (χ0) is 30.3. The molecule has 0 aliphatic heterocycles. The second-order valence-corrected chi connectivity index (χ2v) is 10.3. The third kappa shape index (κ3) is 5.52. The molecule has 1 aliphatic carbocycles. The summed E-state index contributed by atoms with van der Waals surface area (Å²) in [5.41, 5.74) is -0.957. The van der Waals surface area contributed by atoms with E-state index >= 15 is 8.78 Å². The molecule has 1 aliphatic rings. The number of rotatable bonds is 8. The SMILES string of the molecule is C=Cc1c(F)cc(OC(F)(F)c2c(F)cc(-c3c(F)cc(-c4ccc5c(c4)CC(CCC)C5)cc3F)cc2F)cc1F. The highest BCUT2D eigenvalue weighted by molar-refractivity contribution is 5.73. The number of halogens is 8. The zero-order valence-electron chi connectivity index (χ0n) is 22.3. The van der Waals surface area contributed by atoms with Crippen molar-refractivity contribution < 1.29 is 39.9 Å². The lowest BCUT2D eigenvalue weighted by molar-refractivity contribution is -0.189. The lowest BCUT2D eigenvalue weighted by Gasteiger charge is -2.20.